The number of aromatic nitrogens is 4. The summed E-state index contributed by atoms with van der Waals surface area (Å²) in [6, 6.07) is 15.2. The van der Waals surface area contributed by atoms with Crippen molar-refractivity contribution in [2.24, 2.45) is 5.92 Å². The van der Waals surface area contributed by atoms with Crippen molar-refractivity contribution in [3.63, 3.8) is 0 Å². The first kappa shape index (κ1) is 22.1. The average molecular weight is 479 g/mol. The number of aromatic amines is 1. The number of sulfonamides is 1. The molecule has 1 aliphatic carbocycles. The highest BCUT2D eigenvalue weighted by Crippen LogP contribution is 2.27. The third-order valence-electron chi connectivity index (χ3n) is 5.87. The first-order valence-corrected chi connectivity index (χ1v) is 12.8. The molecule has 10 heteroatoms. The molecule has 1 saturated carbocycles. The van der Waals surface area contributed by atoms with E-state index in [-0.39, 0.29) is 4.90 Å². The summed E-state index contributed by atoms with van der Waals surface area (Å²) in [5.74, 6) is 1.31. The number of nitrogens with zero attached hydrogens (tertiary/aromatic N) is 3. The van der Waals surface area contributed by atoms with Crippen LogP contribution in [-0.2, 0) is 10.0 Å². The first-order valence-electron chi connectivity index (χ1n) is 11.4. The summed E-state index contributed by atoms with van der Waals surface area (Å²) in [7, 11) is -3.69. The minimum absolute atomic E-state index is 0.156. The van der Waals surface area contributed by atoms with Crippen molar-refractivity contribution < 1.29 is 13.2 Å². The monoisotopic (exact) mass is 478 g/mol. The number of anilines is 3. The van der Waals surface area contributed by atoms with Crippen LogP contribution >= 0.6 is 0 Å². The maximum Gasteiger partial charge on any atom is 0.261 e. The quantitative estimate of drug-likeness (QED) is 0.331. The summed E-state index contributed by atoms with van der Waals surface area (Å²) in [6.07, 6.45) is 7.70. The molecule has 2 heterocycles. The number of imidazole rings is 1. The maximum absolute atomic E-state index is 12.7. The van der Waals surface area contributed by atoms with Gasteiger partial charge in [0.2, 0.25) is 11.8 Å². The molecular weight excluding hydrogens is 452 g/mol. The number of nitrogens with one attached hydrogen (secondary N) is 3. The van der Waals surface area contributed by atoms with E-state index >= 15 is 0 Å². The molecule has 5 rings (SSSR count). The van der Waals surface area contributed by atoms with Gasteiger partial charge in [-0.25, -0.2) is 13.4 Å². The molecule has 3 N–H and O–H groups in total. The third kappa shape index (κ3) is 5.12. The molecule has 4 aromatic rings. The van der Waals surface area contributed by atoms with Crippen LogP contribution in [0.4, 0.5) is 17.3 Å². The molecule has 34 heavy (non-hydrogen) atoms. The molecule has 0 saturated heterocycles. The average Bonchev–Trinajstić information content (AvgIpc) is 3.33. The first-order chi connectivity index (χ1) is 16.6. The van der Waals surface area contributed by atoms with Gasteiger partial charge in [-0.1, -0.05) is 37.5 Å². The zero-order chi connectivity index (χ0) is 23.4. The summed E-state index contributed by atoms with van der Waals surface area (Å²) in [5.41, 5.74) is 2.32. The number of hydrogen-bond acceptors (Lipinski definition) is 7. The molecule has 0 bridgehead atoms. The SMILES string of the molecule is O=S(=O)(Nc1ccccc1)c1ccc(Nc2nc(OCC3CCCCC3)c3nc[nH]c3n2)cc1. The summed E-state index contributed by atoms with van der Waals surface area (Å²) >= 11 is 0. The van der Waals surface area contributed by atoms with Gasteiger partial charge >= 0.3 is 0 Å². The van der Waals surface area contributed by atoms with Crippen molar-refractivity contribution in [3.8, 4) is 5.88 Å². The van der Waals surface area contributed by atoms with Crippen molar-refractivity contribution in [2.75, 3.05) is 16.6 Å². The van der Waals surface area contributed by atoms with E-state index in [0.717, 1.165) is 0 Å². The highest BCUT2D eigenvalue weighted by Gasteiger charge is 2.18. The largest absolute Gasteiger partial charge is 0.476 e. The van der Waals surface area contributed by atoms with Gasteiger partial charge in [-0.3, -0.25) is 4.72 Å². The van der Waals surface area contributed by atoms with E-state index in [0.29, 0.717) is 46.9 Å². The van der Waals surface area contributed by atoms with Crippen molar-refractivity contribution in [1.29, 1.82) is 0 Å². The molecule has 0 unspecified atom stereocenters. The summed E-state index contributed by atoms with van der Waals surface area (Å²) in [5, 5.41) is 3.13. The van der Waals surface area contributed by atoms with E-state index in [1.807, 2.05) is 6.07 Å². The molecule has 0 amide bonds. The van der Waals surface area contributed by atoms with Crippen LogP contribution in [-0.4, -0.2) is 35.0 Å². The van der Waals surface area contributed by atoms with Crippen LogP contribution in [0.3, 0.4) is 0 Å². The van der Waals surface area contributed by atoms with Crippen LogP contribution in [0.15, 0.2) is 65.8 Å². The number of rotatable bonds is 8. The number of fused-ring (bicyclic) bond motifs is 1. The van der Waals surface area contributed by atoms with Crippen LogP contribution in [0.25, 0.3) is 11.2 Å². The fourth-order valence-corrected chi connectivity index (χ4v) is 5.14. The molecule has 0 radical (unpaired) electrons. The number of benzene rings is 2. The van der Waals surface area contributed by atoms with Gasteiger partial charge < -0.3 is 15.0 Å². The molecule has 2 aromatic heterocycles. The fourth-order valence-electron chi connectivity index (χ4n) is 4.08. The predicted octanol–water partition coefficient (Wildman–Crippen LogP) is 4.86. The van der Waals surface area contributed by atoms with Gasteiger partial charge in [0.1, 0.15) is 0 Å². The Labute approximate surface area is 198 Å². The minimum Gasteiger partial charge on any atom is -0.476 e. The number of para-hydroxylation sites is 1. The summed E-state index contributed by atoms with van der Waals surface area (Å²) in [4.78, 5) is 16.4. The Morgan fingerprint density at radius 1 is 0.941 bits per heavy atom. The molecular formula is C24H26N6O3S. The van der Waals surface area contributed by atoms with Crippen molar-refractivity contribution in [1.82, 2.24) is 19.9 Å². The van der Waals surface area contributed by atoms with Crippen molar-refractivity contribution >= 4 is 38.5 Å². The van der Waals surface area contributed by atoms with Crippen molar-refractivity contribution in [2.45, 2.75) is 37.0 Å². The lowest BCUT2D eigenvalue weighted by atomic mass is 9.90. The molecule has 0 spiro atoms. The Hall–Kier alpha value is -3.66. The lowest BCUT2D eigenvalue weighted by Crippen LogP contribution is -2.16. The van der Waals surface area contributed by atoms with Crippen LogP contribution in [0.5, 0.6) is 5.88 Å². The summed E-state index contributed by atoms with van der Waals surface area (Å²) in [6.45, 7) is 0.611. The second-order valence-corrected chi connectivity index (χ2v) is 10.1. The molecule has 1 aliphatic rings. The van der Waals surface area contributed by atoms with E-state index in [9.17, 15) is 8.42 Å². The zero-order valence-electron chi connectivity index (χ0n) is 18.6. The van der Waals surface area contributed by atoms with Gasteiger partial charge in [-0.15, -0.1) is 0 Å². The number of ether oxygens (including phenoxy) is 1. The Morgan fingerprint density at radius 3 is 2.47 bits per heavy atom. The fraction of sp³-hybridized carbons (Fsp3) is 0.292. The van der Waals surface area contributed by atoms with Crippen molar-refractivity contribution in [3.05, 3.63) is 60.9 Å². The van der Waals surface area contributed by atoms with Gasteiger partial charge in [0, 0.05) is 11.4 Å². The lowest BCUT2D eigenvalue weighted by molar-refractivity contribution is 0.205. The Kier molecular flexibility index (Phi) is 6.31. The smallest absolute Gasteiger partial charge is 0.261 e. The third-order valence-corrected chi connectivity index (χ3v) is 7.27. The normalized spacial score (nSPS) is 14.7. The number of hydrogen-bond donors (Lipinski definition) is 3. The van der Waals surface area contributed by atoms with Gasteiger partial charge in [0.05, 0.1) is 17.8 Å². The number of H-pyrrole nitrogens is 1. The molecule has 1 fully saturated rings. The van der Waals surface area contributed by atoms with Gasteiger partial charge in [0.15, 0.2) is 11.2 Å². The summed E-state index contributed by atoms with van der Waals surface area (Å²) < 4.78 is 33.9. The van der Waals surface area contributed by atoms with E-state index in [4.69, 9.17) is 4.74 Å². The van der Waals surface area contributed by atoms with Gasteiger partial charge in [0.25, 0.3) is 10.0 Å². The zero-order valence-corrected chi connectivity index (χ0v) is 19.4. The molecule has 2 aromatic carbocycles. The van der Waals surface area contributed by atoms with Crippen LogP contribution in [0.1, 0.15) is 32.1 Å². The predicted molar refractivity (Wildman–Crippen MR) is 131 cm³/mol. The van der Waals surface area contributed by atoms with Crippen LogP contribution in [0.2, 0.25) is 0 Å². The topological polar surface area (TPSA) is 122 Å². The maximum atomic E-state index is 12.7. The van der Waals surface area contributed by atoms with E-state index in [1.54, 1.807) is 42.7 Å². The highest BCUT2D eigenvalue weighted by molar-refractivity contribution is 7.92. The lowest BCUT2D eigenvalue weighted by Gasteiger charge is -2.21. The van der Waals surface area contributed by atoms with E-state index in [1.165, 1.54) is 44.2 Å². The van der Waals surface area contributed by atoms with Crippen LogP contribution in [0, 0.1) is 5.92 Å². The Bertz CT molecular complexity index is 1350. The molecule has 0 atom stereocenters. The standard InChI is InChI=1S/C24H26N6O3S/c31-34(32,30-19-9-5-2-6-10-19)20-13-11-18(12-14-20)27-24-28-22-21(25-16-26-22)23(29-24)33-15-17-7-3-1-4-8-17/h2,5-6,9-14,16-17,30H,1,3-4,7-8,15H2,(H2,25,26,27,28,29). The highest BCUT2D eigenvalue weighted by atomic mass is 32.2. The Balaban J connectivity index is 1.31. The molecule has 176 valence electrons. The molecule has 0 aliphatic heterocycles. The van der Waals surface area contributed by atoms with E-state index in [2.05, 4.69) is 30.0 Å². The van der Waals surface area contributed by atoms with E-state index < -0.39 is 10.0 Å². The second-order valence-electron chi connectivity index (χ2n) is 8.39. The molecule has 9 nitrogen and oxygen atoms in total. The van der Waals surface area contributed by atoms with Gasteiger partial charge in [-0.2, -0.15) is 9.97 Å². The minimum atomic E-state index is -3.69. The van der Waals surface area contributed by atoms with Crippen LogP contribution < -0.4 is 14.8 Å². The van der Waals surface area contributed by atoms with Gasteiger partial charge in [-0.05, 0) is 55.2 Å². The second kappa shape index (κ2) is 9.68. The Morgan fingerprint density at radius 2 is 1.71 bits per heavy atom.